The maximum atomic E-state index is 6.02. The molecule has 0 aromatic heterocycles. The summed E-state index contributed by atoms with van der Waals surface area (Å²) in [6.07, 6.45) is 0. The molecule has 20 heavy (non-hydrogen) atoms. The summed E-state index contributed by atoms with van der Waals surface area (Å²) in [5.74, 6) is 0.648. The second-order valence-corrected chi connectivity index (χ2v) is 8.67. The van der Waals surface area contributed by atoms with Crippen LogP contribution in [0.3, 0.4) is 0 Å². The van der Waals surface area contributed by atoms with Gasteiger partial charge in [0.1, 0.15) is 5.75 Å². The fourth-order valence-corrected chi connectivity index (χ4v) is 2.66. The van der Waals surface area contributed by atoms with E-state index in [1.807, 2.05) is 6.07 Å². The second kappa shape index (κ2) is 5.79. The van der Waals surface area contributed by atoms with Crippen molar-refractivity contribution in [2.75, 3.05) is 7.11 Å². The molecule has 0 radical (unpaired) electrons. The molecule has 0 saturated heterocycles. The van der Waals surface area contributed by atoms with Gasteiger partial charge in [0.25, 0.3) is 0 Å². The first-order valence-corrected chi connectivity index (χ1v) is 7.66. The van der Waals surface area contributed by atoms with Gasteiger partial charge in [0, 0.05) is 11.1 Å². The Balaban J connectivity index is 2.82. The molecule has 0 aliphatic rings. The number of methoxy groups -OCH3 is 1. The Morgan fingerprint density at radius 1 is 0.850 bits per heavy atom. The third-order valence-corrected chi connectivity index (χ3v) is 4.06. The van der Waals surface area contributed by atoms with Gasteiger partial charge in [0.2, 0.25) is 7.59 Å². The van der Waals surface area contributed by atoms with E-state index >= 15 is 0 Å². The number of rotatable bonds is 1. The molecule has 0 spiro atoms. The van der Waals surface area contributed by atoms with Gasteiger partial charge in [-0.3, -0.25) is 0 Å². The minimum atomic E-state index is -1.64. The first-order chi connectivity index (χ1) is 9.13. The van der Waals surface area contributed by atoms with Crippen LogP contribution in [0.4, 0.5) is 0 Å². The highest BCUT2D eigenvalue weighted by Crippen LogP contribution is 2.46. The summed E-state index contributed by atoms with van der Waals surface area (Å²) in [6.45, 7) is 0. The lowest BCUT2D eigenvalue weighted by molar-refractivity contribution is 0.415. The third-order valence-electron chi connectivity index (χ3n) is 2.79. The minimum absolute atomic E-state index is 0.431. The van der Waals surface area contributed by atoms with Crippen LogP contribution in [0.1, 0.15) is 11.1 Å². The van der Waals surface area contributed by atoms with E-state index in [1.165, 1.54) is 0 Å². The van der Waals surface area contributed by atoms with Gasteiger partial charge < -0.3 is 4.74 Å². The van der Waals surface area contributed by atoms with Crippen molar-refractivity contribution in [2.24, 2.45) is 0 Å². The van der Waals surface area contributed by atoms with Gasteiger partial charge in [-0.25, -0.2) is 0 Å². The Morgan fingerprint density at radius 2 is 1.50 bits per heavy atom. The largest absolute Gasteiger partial charge is 0.497 e. The molecule has 108 valence electrons. The van der Waals surface area contributed by atoms with E-state index < -0.39 is 7.59 Å². The number of alkyl halides is 6. The van der Waals surface area contributed by atoms with E-state index in [0.29, 0.717) is 16.9 Å². The van der Waals surface area contributed by atoms with Crippen LogP contribution >= 0.6 is 69.6 Å². The molecule has 0 N–H and O–H groups in total. The highest BCUT2D eigenvalue weighted by molar-refractivity contribution is 6.68. The Labute approximate surface area is 146 Å². The van der Waals surface area contributed by atoms with Gasteiger partial charge in [0.15, 0.2) is 0 Å². The number of ether oxygens (including phenoxy) is 1. The number of hydrogen-bond donors (Lipinski definition) is 0. The lowest BCUT2D eigenvalue weighted by Crippen LogP contribution is -2.07. The molecule has 2 rings (SSSR count). The average molecular weight is 393 g/mol. The van der Waals surface area contributed by atoms with Crippen LogP contribution in [0, 0.1) is 0 Å². The van der Waals surface area contributed by atoms with Gasteiger partial charge in [-0.1, -0.05) is 75.7 Å². The first kappa shape index (κ1) is 16.6. The van der Waals surface area contributed by atoms with Crippen molar-refractivity contribution in [1.29, 1.82) is 0 Å². The molecule has 7 heteroatoms. The van der Waals surface area contributed by atoms with Crippen LogP contribution in [0.5, 0.6) is 5.75 Å². The Hall–Kier alpha value is 0.240. The fraction of sp³-hybridized carbons (Fsp3) is 0.231. The van der Waals surface area contributed by atoms with E-state index in [-0.39, 0.29) is 0 Å². The monoisotopic (exact) mass is 390 g/mol. The molecule has 0 fully saturated rings. The van der Waals surface area contributed by atoms with Crippen molar-refractivity contribution < 1.29 is 4.74 Å². The highest BCUT2D eigenvalue weighted by atomic mass is 35.6. The zero-order valence-electron chi connectivity index (χ0n) is 10.1. The summed E-state index contributed by atoms with van der Waals surface area (Å²) in [6, 6.07) is 8.68. The maximum Gasteiger partial charge on any atom is 0.216 e. The maximum absolute atomic E-state index is 6.02. The van der Waals surface area contributed by atoms with Crippen LogP contribution in [-0.4, -0.2) is 7.11 Å². The van der Waals surface area contributed by atoms with Crippen molar-refractivity contribution in [1.82, 2.24) is 0 Å². The topological polar surface area (TPSA) is 9.23 Å². The van der Waals surface area contributed by atoms with E-state index in [0.717, 1.165) is 10.8 Å². The standard InChI is InChI=1S/C13H8Cl6O/c1-20-9-3-2-7-4-8(12(14,15)16)5-11(10(7)6-9)13(17,18)19/h2-6H,1H3. The van der Waals surface area contributed by atoms with Crippen molar-refractivity contribution >= 4 is 80.4 Å². The fourth-order valence-electron chi connectivity index (χ4n) is 1.86. The van der Waals surface area contributed by atoms with Crippen LogP contribution in [0.25, 0.3) is 10.8 Å². The van der Waals surface area contributed by atoms with Crippen molar-refractivity contribution in [3.05, 3.63) is 41.5 Å². The van der Waals surface area contributed by atoms with E-state index in [4.69, 9.17) is 74.3 Å². The second-order valence-electron chi connectivity index (χ2n) is 4.11. The predicted octanol–water partition coefficient (Wildman–Crippen LogP) is 6.50. The van der Waals surface area contributed by atoms with E-state index in [2.05, 4.69) is 0 Å². The molecule has 0 heterocycles. The van der Waals surface area contributed by atoms with E-state index in [9.17, 15) is 0 Å². The smallest absolute Gasteiger partial charge is 0.216 e. The Morgan fingerprint density at radius 3 is 2.00 bits per heavy atom. The van der Waals surface area contributed by atoms with Crippen LogP contribution in [0.2, 0.25) is 0 Å². The van der Waals surface area contributed by atoms with Gasteiger partial charge in [-0.05, 0) is 35.0 Å². The summed E-state index contributed by atoms with van der Waals surface area (Å²) in [7, 11) is 1.56. The molecule has 2 aromatic carbocycles. The normalized spacial score (nSPS) is 12.8. The molecule has 0 bridgehead atoms. The molecular formula is C13H8Cl6O. The van der Waals surface area contributed by atoms with Crippen LogP contribution < -0.4 is 4.74 Å². The number of hydrogen-bond acceptors (Lipinski definition) is 1. The summed E-state index contributed by atoms with van der Waals surface area (Å²) >= 11 is 35.8. The lowest BCUT2D eigenvalue weighted by atomic mass is 10.0. The number of benzene rings is 2. The van der Waals surface area contributed by atoms with Gasteiger partial charge in [-0.2, -0.15) is 0 Å². The van der Waals surface area contributed by atoms with Crippen LogP contribution in [-0.2, 0) is 7.59 Å². The third kappa shape index (κ3) is 3.52. The molecule has 0 aliphatic carbocycles. The molecule has 0 aliphatic heterocycles. The number of halogens is 6. The molecule has 0 atom stereocenters. The summed E-state index contributed by atoms with van der Waals surface area (Å²) < 4.78 is 1.94. The van der Waals surface area contributed by atoms with Gasteiger partial charge in [-0.15, -0.1) is 0 Å². The van der Waals surface area contributed by atoms with Crippen molar-refractivity contribution in [3.8, 4) is 5.75 Å². The van der Waals surface area contributed by atoms with Crippen molar-refractivity contribution in [2.45, 2.75) is 7.59 Å². The molecule has 2 aromatic rings. The Kier molecular flexibility index (Phi) is 4.81. The van der Waals surface area contributed by atoms with Gasteiger partial charge in [0.05, 0.1) is 7.11 Å². The van der Waals surface area contributed by atoms with Gasteiger partial charge >= 0.3 is 0 Å². The highest BCUT2D eigenvalue weighted by Gasteiger charge is 2.30. The van der Waals surface area contributed by atoms with Crippen LogP contribution in [0.15, 0.2) is 30.3 Å². The average Bonchev–Trinajstić information content (AvgIpc) is 2.34. The minimum Gasteiger partial charge on any atom is -0.497 e. The predicted molar refractivity (Wildman–Crippen MR) is 89.0 cm³/mol. The molecule has 0 unspecified atom stereocenters. The SMILES string of the molecule is COc1ccc2cc(C(Cl)(Cl)Cl)cc(C(Cl)(Cl)Cl)c2c1. The zero-order chi connectivity index (χ0) is 15.1. The van der Waals surface area contributed by atoms with Crippen molar-refractivity contribution in [3.63, 3.8) is 0 Å². The Bertz CT molecular complexity index is 642. The summed E-state index contributed by atoms with van der Waals surface area (Å²) in [4.78, 5) is 0. The molecule has 0 amide bonds. The summed E-state index contributed by atoms with van der Waals surface area (Å²) in [5, 5.41) is 1.51. The molecule has 1 nitrogen and oxygen atoms in total. The quantitative estimate of drug-likeness (QED) is 0.503. The molecule has 0 saturated carbocycles. The van der Waals surface area contributed by atoms with E-state index in [1.54, 1.807) is 31.4 Å². The molecular weight excluding hydrogens is 385 g/mol. The first-order valence-electron chi connectivity index (χ1n) is 5.39. The summed E-state index contributed by atoms with van der Waals surface area (Å²) in [5.41, 5.74) is 0.863. The number of fused-ring (bicyclic) bond motifs is 1. The lowest BCUT2D eigenvalue weighted by Gasteiger charge is -2.20. The zero-order valence-corrected chi connectivity index (χ0v) is 14.6.